The molecule has 0 aromatic rings. The van der Waals surface area contributed by atoms with E-state index in [-0.39, 0.29) is 24.0 Å². The van der Waals surface area contributed by atoms with Crippen LogP contribution in [0.15, 0.2) is 24.3 Å². The van der Waals surface area contributed by atoms with Crippen molar-refractivity contribution in [3.8, 4) is 0 Å². The van der Waals surface area contributed by atoms with Gasteiger partial charge in [-0.3, -0.25) is 9.59 Å². The number of allylic oxidation sites excluding steroid dienone is 4. The maximum atomic E-state index is 12.6. The van der Waals surface area contributed by atoms with Crippen molar-refractivity contribution in [2.45, 2.75) is 231 Å². The van der Waals surface area contributed by atoms with Crippen LogP contribution in [0.3, 0.4) is 0 Å². The molecular formula is C42H77NO3. The first kappa shape index (κ1) is 42.4. The average Bonchev–Trinajstić information content (AvgIpc) is 3.05. The molecule has 1 fully saturated rings. The number of rotatable bonds is 32. The lowest BCUT2D eigenvalue weighted by atomic mass is 9.92. The molecule has 2 atom stereocenters. The Labute approximate surface area is 286 Å². The van der Waals surface area contributed by atoms with Gasteiger partial charge in [0.15, 0.2) is 0 Å². The van der Waals surface area contributed by atoms with Crippen molar-refractivity contribution in [2.24, 2.45) is 0 Å². The van der Waals surface area contributed by atoms with Crippen molar-refractivity contribution >= 4 is 11.9 Å². The van der Waals surface area contributed by atoms with Crippen LogP contribution in [0.5, 0.6) is 0 Å². The molecule has 46 heavy (non-hydrogen) atoms. The van der Waals surface area contributed by atoms with Crippen molar-refractivity contribution in [1.82, 2.24) is 5.32 Å². The van der Waals surface area contributed by atoms with Crippen LogP contribution >= 0.6 is 0 Å². The van der Waals surface area contributed by atoms with Crippen LogP contribution in [0.25, 0.3) is 0 Å². The zero-order valence-electron chi connectivity index (χ0n) is 30.8. The lowest BCUT2D eigenvalue weighted by Crippen LogP contribution is -2.47. The molecule has 2 unspecified atom stereocenters. The Morgan fingerprint density at radius 3 is 1.39 bits per heavy atom. The molecule has 4 nitrogen and oxygen atoms in total. The minimum absolute atomic E-state index is 0.0116. The number of amides is 1. The third-order valence-corrected chi connectivity index (χ3v) is 9.64. The van der Waals surface area contributed by atoms with E-state index in [4.69, 9.17) is 4.74 Å². The maximum Gasteiger partial charge on any atom is 0.306 e. The monoisotopic (exact) mass is 644 g/mol. The molecule has 0 spiro atoms. The molecule has 0 aliphatic heterocycles. The maximum absolute atomic E-state index is 12.6. The van der Waals surface area contributed by atoms with E-state index in [2.05, 4.69) is 43.5 Å². The highest BCUT2D eigenvalue weighted by Gasteiger charge is 2.29. The molecule has 1 amide bonds. The number of hydrogen-bond acceptors (Lipinski definition) is 3. The molecule has 4 heteroatoms. The van der Waals surface area contributed by atoms with E-state index in [0.717, 1.165) is 51.4 Å². The molecule has 0 bridgehead atoms. The van der Waals surface area contributed by atoms with Gasteiger partial charge in [-0.2, -0.15) is 0 Å². The van der Waals surface area contributed by atoms with Crippen molar-refractivity contribution in [3.63, 3.8) is 0 Å². The first-order valence-corrected chi connectivity index (χ1v) is 20.5. The standard InChI is InChI=1S/C42H77NO3/c1-3-5-7-9-11-13-15-17-19-21-23-25-27-29-31-37-41(44)43-39-35-33-34-36-40(39)46-42(45)38-32-30-28-26-24-22-20-18-16-14-12-10-8-6-4-2/h17-20,39-40H,3-16,21-38H2,1-2H3,(H,43,44). The molecule has 0 radical (unpaired) electrons. The summed E-state index contributed by atoms with van der Waals surface area (Å²) in [5.74, 6) is 0.0452. The Morgan fingerprint density at radius 1 is 0.522 bits per heavy atom. The lowest BCUT2D eigenvalue weighted by Gasteiger charge is -2.31. The number of esters is 1. The SMILES string of the molecule is CCCCCCCCC=CCCCCCCCC(=O)NC1CCCCC1OC(=O)CCCCCCCC=CCCCCCCCC. The van der Waals surface area contributed by atoms with Gasteiger partial charge in [0.05, 0.1) is 6.04 Å². The summed E-state index contributed by atoms with van der Waals surface area (Å²) in [6.07, 6.45) is 47.1. The quantitative estimate of drug-likeness (QED) is 0.0451. The number of ether oxygens (including phenoxy) is 1. The summed E-state index contributed by atoms with van der Waals surface area (Å²) < 4.78 is 5.89. The van der Waals surface area contributed by atoms with Crippen LogP contribution in [-0.4, -0.2) is 24.0 Å². The van der Waals surface area contributed by atoms with Gasteiger partial charge in [0, 0.05) is 12.8 Å². The molecule has 0 aromatic heterocycles. The van der Waals surface area contributed by atoms with Crippen LogP contribution in [-0.2, 0) is 14.3 Å². The average molecular weight is 644 g/mol. The van der Waals surface area contributed by atoms with Crippen LogP contribution in [0.2, 0.25) is 0 Å². The number of unbranched alkanes of at least 4 members (excludes halogenated alkanes) is 22. The van der Waals surface area contributed by atoms with E-state index < -0.39 is 0 Å². The van der Waals surface area contributed by atoms with Crippen LogP contribution in [0, 0.1) is 0 Å². The van der Waals surface area contributed by atoms with Gasteiger partial charge >= 0.3 is 5.97 Å². The third kappa shape index (κ3) is 27.5. The number of carbonyl (C=O) groups excluding carboxylic acids is 2. The Balaban J connectivity index is 2.00. The number of hydrogen-bond donors (Lipinski definition) is 1. The normalized spacial score (nSPS) is 16.8. The van der Waals surface area contributed by atoms with E-state index in [0.29, 0.717) is 12.8 Å². The van der Waals surface area contributed by atoms with Gasteiger partial charge in [-0.05, 0) is 83.5 Å². The molecule has 0 aromatic carbocycles. The van der Waals surface area contributed by atoms with Crippen LogP contribution in [0.4, 0.5) is 0 Å². The summed E-state index contributed by atoms with van der Waals surface area (Å²) in [6, 6.07) is -0.0116. The zero-order chi connectivity index (χ0) is 33.2. The van der Waals surface area contributed by atoms with Gasteiger partial charge in [-0.25, -0.2) is 0 Å². The predicted molar refractivity (Wildman–Crippen MR) is 199 cm³/mol. The van der Waals surface area contributed by atoms with Crippen molar-refractivity contribution in [3.05, 3.63) is 24.3 Å². The molecule has 0 saturated heterocycles. The highest BCUT2D eigenvalue weighted by Crippen LogP contribution is 2.23. The van der Waals surface area contributed by atoms with Gasteiger partial charge in [-0.1, -0.05) is 147 Å². The summed E-state index contributed by atoms with van der Waals surface area (Å²) in [4.78, 5) is 25.2. The van der Waals surface area contributed by atoms with Crippen LogP contribution < -0.4 is 5.32 Å². The van der Waals surface area contributed by atoms with E-state index in [1.54, 1.807) is 0 Å². The zero-order valence-corrected chi connectivity index (χ0v) is 30.8. The Morgan fingerprint density at radius 2 is 0.913 bits per heavy atom. The lowest BCUT2D eigenvalue weighted by molar-refractivity contribution is -0.153. The molecular weight excluding hydrogens is 566 g/mol. The molecule has 1 aliphatic carbocycles. The summed E-state index contributed by atoms with van der Waals surface area (Å²) in [7, 11) is 0. The topological polar surface area (TPSA) is 55.4 Å². The molecule has 1 N–H and O–H groups in total. The second kappa shape index (κ2) is 33.3. The predicted octanol–water partition coefficient (Wildman–Crippen LogP) is 13.0. The Bertz CT molecular complexity index is 683. The molecule has 268 valence electrons. The van der Waals surface area contributed by atoms with Gasteiger partial charge in [0.25, 0.3) is 0 Å². The summed E-state index contributed by atoms with van der Waals surface area (Å²) in [5, 5.41) is 3.22. The largest absolute Gasteiger partial charge is 0.460 e. The van der Waals surface area contributed by atoms with Crippen molar-refractivity contribution < 1.29 is 14.3 Å². The fourth-order valence-corrected chi connectivity index (χ4v) is 6.61. The van der Waals surface area contributed by atoms with Gasteiger partial charge in [-0.15, -0.1) is 0 Å². The minimum atomic E-state index is -0.151. The fourth-order valence-electron chi connectivity index (χ4n) is 6.61. The van der Waals surface area contributed by atoms with Gasteiger partial charge in [0.1, 0.15) is 6.10 Å². The van der Waals surface area contributed by atoms with Crippen molar-refractivity contribution in [1.29, 1.82) is 0 Å². The molecule has 1 saturated carbocycles. The highest BCUT2D eigenvalue weighted by molar-refractivity contribution is 5.76. The molecule has 1 aliphatic rings. The molecule has 0 heterocycles. The smallest absolute Gasteiger partial charge is 0.306 e. The van der Waals surface area contributed by atoms with Crippen LogP contribution in [0.1, 0.15) is 219 Å². The second-order valence-electron chi connectivity index (χ2n) is 14.2. The van der Waals surface area contributed by atoms with Gasteiger partial charge in [0.2, 0.25) is 5.91 Å². The Hall–Kier alpha value is -1.58. The third-order valence-electron chi connectivity index (χ3n) is 9.64. The number of carbonyl (C=O) groups is 2. The minimum Gasteiger partial charge on any atom is -0.460 e. The van der Waals surface area contributed by atoms with E-state index in [1.165, 1.54) is 141 Å². The van der Waals surface area contributed by atoms with E-state index in [1.807, 2.05) is 0 Å². The first-order chi connectivity index (χ1) is 22.7. The van der Waals surface area contributed by atoms with Gasteiger partial charge < -0.3 is 10.1 Å². The first-order valence-electron chi connectivity index (χ1n) is 20.5. The summed E-state index contributed by atoms with van der Waals surface area (Å²) >= 11 is 0. The van der Waals surface area contributed by atoms with E-state index in [9.17, 15) is 9.59 Å². The summed E-state index contributed by atoms with van der Waals surface area (Å²) in [5.41, 5.74) is 0. The molecule has 1 rings (SSSR count). The second-order valence-corrected chi connectivity index (χ2v) is 14.2. The van der Waals surface area contributed by atoms with E-state index >= 15 is 0 Å². The number of nitrogens with one attached hydrogen (secondary N) is 1. The highest BCUT2D eigenvalue weighted by atomic mass is 16.5. The fraction of sp³-hybridized carbons (Fsp3) is 0.857. The summed E-state index contributed by atoms with van der Waals surface area (Å²) in [6.45, 7) is 4.54. The Kier molecular flexibility index (Phi) is 30.7. The van der Waals surface area contributed by atoms with Crippen molar-refractivity contribution in [2.75, 3.05) is 0 Å².